The van der Waals surface area contributed by atoms with Crippen molar-refractivity contribution in [3.05, 3.63) is 34.2 Å². The molecule has 0 saturated carbocycles. The number of amides is 1. The molecular formula is C13H20ClN3O3. The van der Waals surface area contributed by atoms with Crippen molar-refractivity contribution in [1.82, 2.24) is 15.6 Å². The normalized spacial score (nSPS) is 21.2. The lowest BCUT2D eigenvalue weighted by Crippen LogP contribution is -2.53. The van der Waals surface area contributed by atoms with Crippen LogP contribution < -0.4 is 16.2 Å². The van der Waals surface area contributed by atoms with E-state index in [9.17, 15) is 9.59 Å². The molecule has 1 aliphatic heterocycles. The van der Waals surface area contributed by atoms with Gasteiger partial charge in [0.05, 0.1) is 17.7 Å². The molecule has 3 N–H and O–H groups in total. The first-order valence-corrected chi connectivity index (χ1v) is 6.36. The number of carbonyl (C=O) groups is 1. The number of rotatable bonds is 5. The third kappa shape index (κ3) is 4.06. The second-order valence-corrected chi connectivity index (χ2v) is 4.87. The number of halogens is 1. The molecule has 2 heterocycles. The number of carbonyl (C=O) groups excluding carboxylic acids is 1. The number of pyridine rings is 1. The molecule has 0 radical (unpaired) electrons. The van der Waals surface area contributed by atoms with Gasteiger partial charge >= 0.3 is 0 Å². The minimum atomic E-state index is -0.218. The topological polar surface area (TPSA) is 83.2 Å². The molecular weight excluding hydrogens is 282 g/mol. The third-order valence-corrected chi connectivity index (χ3v) is 3.39. The van der Waals surface area contributed by atoms with Crippen LogP contribution >= 0.6 is 12.4 Å². The summed E-state index contributed by atoms with van der Waals surface area (Å²) in [4.78, 5) is 25.4. The van der Waals surface area contributed by atoms with E-state index in [2.05, 4.69) is 15.6 Å². The van der Waals surface area contributed by atoms with Crippen LogP contribution in [0.5, 0.6) is 0 Å². The highest BCUT2D eigenvalue weighted by molar-refractivity contribution is 5.93. The van der Waals surface area contributed by atoms with E-state index >= 15 is 0 Å². The first-order valence-electron chi connectivity index (χ1n) is 6.36. The molecule has 1 atom stereocenters. The van der Waals surface area contributed by atoms with Crippen molar-refractivity contribution in [1.29, 1.82) is 0 Å². The van der Waals surface area contributed by atoms with E-state index in [1.165, 1.54) is 18.3 Å². The van der Waals surface area contributed by atoms with E-state index in [0.717, 1.165) is 19.4 Å². The Labute approximate surface area is 123 Å². The number of nitrogens with one attached hydrogen (secondary N) is 3. The quantitative estimate of drug-likeness (QED) is 0.730. The Hall–Kier alpha value is -1.37. The number of hydrogen-bond donors (Lipinski definition) is 3. The van der Waals surface area contributed by atoms with Crippen LogP contribution in [-0.2, 0) is 4.74 Å². The van der Waals surface area contributed by atoms with Gasteiger partial charge in [0.2, 0.25) is 5.56 Å². The second kappa shape index (κ2) is 7.42. The van der Waals surface area contributed by atoms with E-state index < -0.39 is 0 Å². The standard InChI is InChI=1S/C13H19N3O3.ClH/c1-19-9-13(5-2-6-16-13)8-15-12(18)10-3-4-11(17)14-7-10;/h3-4,7,16H,2,5-6,8-9H2,1H3,(H,14,17)(H,15,18);1H. The molecule has 1 aromatic rings. The summed E-state index contributed by atoms with van der Waals surface area (Å²) >= 11 is 0. The Bertz CT molecular complexity index is 477. The van der Waals surface area contributed by atoms with Crippen molar-refractivity contribution in [3.63, 3.8) is 0 Å². The maximum atomic E-state index is 12.0. The Morgan fingerprint density at radius 1 is 1.50 bits per heavy atom. The molecule has 1 fully saturated rings. The molecule has 1 saturated heterocycles. The maximum absolute atomic E-state index is 12.0. The van der Waals surface area contributed by atoms with E-state index in [1.807, 2.05) is 0 Å². The van der Waals surface area contributed by atoms with Gasteiger partial charge in [0.1, 0.15) is 0 Å². The number of H-pyrrole nitrogens is 1. The molecule has 112 valence electrons. The smallest absolute Gasteiger partial charge is 0.252 e. The summed E-state index contributed by atoms with van der Waals surface area (Å²) in [5.74, 6) is -0.194. The molecule has 1 aliphatic rings. The average Bonchev–Trinajstić information content (AvgIpc) is 2.86. The predicted molar refractivity (Wildman–Crippen MR) is 78.5 cm³/mol. The lowest BCUT2D eigenvalue weighted by Gasteiger charge is -2.28. The van der Waals surface area contributed by atoms with Crippen molar-refractivity contribution >= 4 is 18.3 Å². The van der Waals surface area contributed by atoms with Gasteiger partial charge in [-0.05, 0) is 25.5 Å². The molecule has 20 heavy (non-hydrogen) atoms. The van der Waals surface area contributed by atoms with Gasteiger partial charge in [-0.1, -0.05) is 0 Å². The Morgan fingerprint density at radius 3 is 2.85 bits per heavy atom. The minimum Gasteiger partial charge on any atom is -0.383 e. The van der Waals surface area contributed by atoms with Crippen molar-refractivity contribution in [2.24, 2.45) is 0 Å². The molecule has 0 spiro atoms. The fourth-order valence-corrected chi connectivity index (χ4v) is 2.37. The summed E-state index contributed by atoms with van der Waals surface area (Å²) in [5.41, 5.74) is 0.0575. The summed E-state index contributed by atoms with van der Waals surface area (Å²) in [6.07, 6.45) is 3.48. The summed E-state index contributed by atoms with van der Waals surface area (Å²) in [6.45, 7) is 2.02. The number of ether oxygens (including phenoxy) is 1. The molecule has 1 unspecified atom stereocenters. The molecule has 1 aromatic heterocycles. The zero-order chi connectivity index (χ0) is 13.7. The number of aromatic nitrogens is 1. The largest absolute Gasteiger partial charge is 0.383 e. The Morgan fingerprint density at radius 2 is 2.30 bits per heavy atom. The zero-order valence-corrected chi connectivity index (χ0v) is 12.2. The van der Waals surface area contributed by atoms with Crippen molar-refractivity contribution in [2.75, 3.05) is 26.8 Å². The van der Waals surface area contributed by atoms with Crippen LogP contribution in [0.25, 0.3) is 0 Å². The molecule has 0 bridgehead atoms. The van der Waals surface area contributed by atoms with Gasteiger partial charge in [0.25, 0.3) is 5.91 Å². The van der Waals surface area contributed by atoms with Crippen molar-refractivity contribution in [3.8, 4) is 0 Å². The molecule has 0 aromatic carbocycles. The number of aromatic amines is 1. The summed E-state index contributed by atoms with van der Waals surface area (Å²) in [7, 11) is 1.66. The van der Waals surface area contributed by atoms with Crippen LogP contribution in [0.2, 0.25) is 0 Å². The van der Waals surface area contributed by atoms with E-state index in [-0.39, 0.29) is 29.4 Å². The Kier molecular flexibility index (Phi) is 6.19. The van der Waals surface area contributed by atoms with Gasteiger partial charge in [0.15, 0.2) is 0 Å². The minimum absolute atomic E-state index is 0. The second-order valence-electron chi connectivity index (χ2n) is 4.87. The average molecular weight is 302 g/mol. The fourth-order valence-electron chi connectivity index (χ4n) is 2.37. The number of hydrogen-bond acceptors (Lipinski definition) is 4. The van der Waals surface area contributed by atoms with E-state index in [4.69, 9.17) is 4.74 Å². The molecule has 1 amide bonds. The zero-order valence-electron chi connectivity index (χ0n) is 11.4. The Balaban J connectivity index is 0.00000200. The first kappa shape index (κ1) is 16.7. The molecule has 7 heteroatoms. The van der Waals surface area contributed by atoms with Crippen LogP contribution in [-0.4, -0.2) is 43.2 Å². The van der Waals surface area contributed by atoms with Gasteiger partial charge in [-0.2, -0.15) is 0 Å². The van der Waals surface area contributed by atoms with Gasteiger partial charge in [0, 0.05) is 25.9 Å². The van der Waals surface area contributed by atoms with Crippen LogP contribution in [0.1, 0.15) is 23.2 Å². The monoisotopic (exact) mass is 301 g/mol. The summed E-state index contributed by atoms with van der Waals surface area (Å²) in [6, 6.07) is 2.85. The van der Waals surface area contributed by atoms with Gasteiger partial charge in [-0.15, -0.1) is 12.4 Å². The van der Waals surface area contributed by atoms with Gasteiger partial charge < -0.3 is 20.4 Å². The van der Waals surface area contributed by atoms with Crippen LogP contribution in [0.15, 0.2) is 23.1 Å². The lowest BCUT2D eigenvalue weighted by molar-refractivity contribution is 0.0892. The SMILES string of the molecule is COCC1(CNC(=O)c2ccc(=O)[nH]c2)CCCN1.Cl. The highest BCUT2D eigenvalue weighted by Gasteiger charge is 2.33. The third-order valence-electron chi connectivity index (χ3n) is 3.39. The van der Waals surface area contributed by atoms with Crippen LogP contribution in [0.4, 0.5) is 0 Å². The molecule has 0 aliphatic carbocycles. The summed E-state index contributed by atoms with van der Waals surface area (Å²) < 4.78 is 5.22. The first-order chi connectivity index (χ1) is 9.15. The summed E-state index contributed by atoms with van der Waals surface area (Å²) in [5, 5.41) is 6.27. The molecule has 2 rings (SSSR count). The maximum Gasteiger partial charge on any atom is 0.252 e. The van der Waals surface area contributed by atoms with Crippen LogP contribution in [0.3, 0.4) is 0 Å². The highest BCUT2D eigenvalue weighted by Crippen LogP contribution is 2.18. The fraction of sp³-hybridized carbons (Fsp3) is 0.538. The van der Waals surface area contributed by atoms with E-state index in [0.29, 0.717) is 18.7 Å². The predicted octanol–water partition coefficient (Wildman–Crippen LogP) is 0.295. The number of methoxy groups -OCH3 is 1. The van der Waals surface area contributed by atoms with Crippen LogP contribution in [0, 0.1) is 0 Å². The highest BCUT2D eigenvalue weighted by atomic mass is 35.5. The van der Waals surface area contributed by atoms with Gasteiger partial charge in [-0.25, -0.2) is 0 Å². The van der Waals surface area contributed by atoms with Crippen molar-refractivity contribution in [2.45, 2.75) is 18.4 Å². The lowest BCUT2D eigenvalue weighted by atomic mass is 9.98. The van der Waals surface area contributed by atoms with Gasteiger partial charge in [-0.3, -0.25) is 9.59 Å². The molecule has 6 nitrogen and oxygen atoms in total. The van der Waals surface area contributed by atoms with Crippen molar-refractivity contribution < 1.29 is 9.53 Å². The van der Waals surface area contributed by atoms with E-state index in [1.54, 1.807) is 7.11 Å².